The fraction of sp³-hybridized carbons (Fsp3) is 0.435. The van der Waals surface area contributed by atoms with E-state index in [2.05, 4.69) is 46.1 Å². The van der Waals surface area contributed by atoms with Gasteiger partial charge < -0.3 is 4.74 Å². The molecule has 2 aromatic heterocycles. The zero-order chi connectivity index (χ0) is 21.3. The monoisotopic (exact) mass is 441 g/mol. The van der Waals surface area contributed by atoms with Crippen molar-refractivity contribution in [3.8, 4) is 10.7 Å². The van der Waals surface area contributed by atoms with Gasteiger partial charge in [0.2, 0.25) is 0 Å². The van der Waals surface area contributed by atoms with Crippen molar-refractivity contribution >= 4 is 28.9 Å². The van der Waals surface area contributed by atoms with Crippen LogP contribution in [0.4, 0.5) is 0 Å². The molecule has 1 aromatic carbocycles. The number of thioether (sulfide) groups is 1. The van der Waals surface area contributed by atoms with Gasteiger partial charge in [-0.1, -0.05) is 23.9 Å². The number of Topliss-reactive ketones (excluding diaryl/α,β-unsaturated/α-hetero) is 1. The lowest BCUT2D eigenvalue weighted by molar-refractivity contribution is 0.0953. The standard InChI is InChI=1S/C23H27N3O2S2/c1-14-11-15(2)21(17(4)27)16(3)19(14)13-30-23-25-24-22(20-8-6-10-29-20)26(23)12-18-7-5-9-28-18/h6,8,10-11,18H,5,7,9,12-13H2,1-4H3. The molecular weight excluding hydrogens is 414 g/mol. The number of rotatable bonds is 7. The van der Waals surface area contributed by atoms with Crippen LogP contribution in [0.25, 0.3) is 10.7 Å². The predicted octanol–water partition coefficient (Wildman–Crippen LogP) is 5.61. The zero-order valence-corrected chi connectivity index (χ0v) is 19.5. The fourth-order valence-electron chi connectivity index (χ4n) is 4.27. The van der Waals surface area contributed by atoms with Gasteiger partial charge in [0.1, 0.15) is 0 Å². The minimum atomic E-state index is 0.123. The lowest BCUT2D eigenvalue weighted by atomic mass is 9.92. The maximum Gasteiger partial charge on any atom is 0.191 e. The molecule has 5 nitrogen and oxygen atoms in total. The summed E-state index contributed by atoms with van der Waals surface area (Å²) in [5.74, 6) is 1.79. The molecule has 4 rings (SSSR count). The number of aromatic nitrogens is 3. The normalized spacial score (nSPS) is 16.3. The van der Waals surface area contributed by atoms with E-state index < -0.39 is 0 Å². The van der Waals surface area contributed by atoms with E-state index in [4.69, 9.17) is 4.74 Å². The summed E-state index contributed by atoms with van der Waals surface area (Å²) in [6, 6.07) is 6.25. The summed E-state index contributed by atoms with van der Waals surface area (Å²) in [4.78, 5) is 13.3. The fourth-order valence-corrected chi connectivity index (χ4v) is 6.12. The van der Waals surface area contributed by atoms with Crippen LogP contribution < -0.4 is 0 Å². The second kappa shape index (κ2) is 9.04. The summed E-state index contributed by atoms with van der Waals surface area (Å²) in [5, 5.41) is 12.0. The Hall–Kier alpha value is -1.96. The number of thiophene rings is 1. The molecule has 1 saturated heterocycles. The van der Waals surface area contributed by atoms with E-state index in [9.17, 15) is 4.79 Å². The number of nitrogens with zero attached hydrogens (tertiary/aromatic N) is 3. The molecule has 30 heavy (non-hydrogen) atoms. The van der Waals surface area contributed by atoms with Crippen LogP contribution in [-0.4, -0.2) is 33.3 Å². The molecule has 3 heterocycles. The molecular formula is C23H27N3O2S2. The Labute approximate surface area is 185 Å². The third kappa shape index (κ3) is 4.24. The van der Waals surface area contributed by atoms with Gasteiger partial charge in [-0.15, -0.1) is 21.5 Å². The Morgan fingerprint density at radius 2 is 2.13 bits per heavy atom. The quantitative estimate of drug-likeness (QED) is 0.352. The third-order valence-electron chi connectivity index (χ3n) is 5.70. The molecule has 3 aromatic rings. The number of aryl methyl sites for hydroxylation is 2. The van der Waals surface area contributed by atoms with Crippen LogP contribution in [0, 0.1) is 20.8 Å². The van der Waals surface area contributed by atoms with E-state index in [0.717, 1.165) is 64.3 Å². The van der Waals surface area contributed by atoms with Crippen LogP contribution in [0.5, 0.6) is 0 Å². The first kappa shape index (κ1) is 21.3. The lowest BCUT2D eigenvalue weighted by Crippen LogP contribution is -2.16. The van der Waals surface area contributed by atoms with Crippen LogP contribution in [0.2, 0.25) is 0 Å². The molecule has 0 aliphatic carbocycles. The van der Waals surface area contributed by atoms with Crippen molar-refractivity contribution in [3.63, 3.8) is 0 Å². The Bertz CT molecular complexity index is 1050. The first-order valence-electron chi connectivity index (χ1n) is 10.3. The number of hydrogen-bond donors (Lipinski definition) is 0. The number of benzene rings is 1. The van der Waals surface area contributed by atoms with E-state index in [-0.39, 0.29) is 11.9 Å². The topological polar surface area (TPSA) is 57.0 Å². The third-order valence-corrected chi connectivity index (χ3v) is 7.56. The van der Waals surface area contributed by atoms with Crippen LogP contribution >= 0.6 is 23.1 Å². The molecule has 1 unspecified atom stereocenters. The van der Waals surface area contributed by atoms with Gasteiger partial charge in [0.05, 0.1) is 17.5 Å². The summed E-state index contributed by atoms with van der Waals surface area (Å²) < 4.78 is 8.10. The van der Waals surface area contributed by atoms with E-state index in [1.54, 1.807) is 30.0 Å². The van der Waals surface area contributed by atoms with E-state index in [1.165, 1.54) is 11.1 Å². The Balaban J connectivity index is 1.64. The maximum absolute atomic E-state index is 12.2. The molecule has 1 aliphatic rings. The van der Waals surface area contributed by atoms with Gasteiger partial charge in [0.15, 0.2) is 16.8 Å². The average Bonchev–Trinajstić information content (AvgIpc) is 3.43. The smallest absolute Gasteiger partial charge is 0.191 e. The van der Waals surface area contributed by atoms with Crippen molar-refractivity contribution in [3.05, 3.63) is 51.4 Å². The van der Waals surface area contributed by atoms with Crippen molar-refractivity contribution in [1.29, 1.82) is 0 Å². The Morgan fingerprint density at radius 3 is 2.80 bits per heavy atom. The largest absolute Gasteiger partial charge is 0.376 e. The highest BCUT2D eigenvalue weighted by atomic mass is 32.2. The van der Waals surface area contributed by atoms with Crippen LogP contribution in [0.3, 0.4) is 0 Å². The van der Waals surface area contributed by atoms with Gasteiger partial charge in [-0.25, -0.2) is 0 Å². The zero-order valence-electron chi connectivity index (χ0n) is 17.9. The maximum atomic E-state index is 12.2. The summed E-state index contributed by atoms with van der Waals surface area (Å²) >= 11 is 3.36. The summed E-state index contributed by atoms with van der Waals surface area (Å²) in [5.41, 5.74) is 5.39. The molecule has 0 bridgehead atoms. The van der Waals surface area contributed by atoms with Gasteiger partial charge in [-0.05, 0) is 74.2 Å². The molecule has 1 aliphatic heterocycles. The average molecular weight is 442 g/mol. The SMILES string of the molecule is CC(=O)c1c(C)cc(C)c(CSc2nnc(-c3cccs3)n2CC2CCCO2)c1C. The molecule has 0 N–H and O–H groups in total. The molecule has 7 heteroatoms. The first-order valence-corrected chi connectivity index (χ1v) is 12.1. The van der Waals surface area contributed by atoms with Crippen LogP contribution in [0.15, 0.2) is 28.7 Å². The molecule has 1 fully saturated rings. The van der Waals surface area contributed by atoms with Crippen molar-refractivity contribution < 1.29 is 9.53 Å². The molecule has 158 valence electrons. The first-order chi connectivity index (χ1) is 14.5. The van der Waals surface area contributed by atoms with E-state index in [0.29, 0.717) is 0 Å². The van der Waals surface area contributed by atoms with E-state index >= 15 is 0 Å². The highest BCUT2D eigenvalue weighted by Crippen LogP contribution is 2.33. The number of carbonyl (C=O) groups is 1. The summed E-state index contributed by atoms with van der Waals surface area (Å²) in [7, 11) is 0. The second-order valence-corrected chi connectivity index (χ2v) is 9.75. The highest BCUT2D eigenvalue weighted by Gasteiger charge is 2.23. The molecule has 0 spiro atoms. The van der Waals surface area contributed by atoms with Crippen molar-refractivity contribution in [2.45, 2.75) is 64.1 Å². The molecule has 1 atom stereocenters. The van der Waals surface area contributed by atoms with E-state index in [1.807, 2.05) is 13.0 Å². The van der Waals surface area contributed by atoms with Crippen LogP contribution in [0.1, 0.15) is 52.4 Å². The van der Waals surface area contributed by atoms with Crippen LogP contribution in [-0.2, 0) is 17.0 Å². The van der Waals surface area contributed by atoms with Crippen molar-refractivity contribution in [1.82, 2.24) is 14.8 Å². The Kier molecular flexibility index (Phi) is 6.41. The van der Waals surface area contributed by atoms with Crippen molar-refractivity contribution in [2.75, 3.05) is 6.61 Å². The van der Waals surface area contributed by atoms with Gasteiger partial charge in [-0.3, -0.25) is 9.36 Å². The molecule has 0 saturated carbocycles. The van der Waals surface area contributed by atoms with Gasteiger partial charge in [0, 0.05) is 17.9 Å². The minimum Gasteiger partial charge on any atom is -0.376 e. The summed E-state index contributed by atoms with van der Waals surface area (Å²) in [6.07, 6.45) is 2.40. The summed E-state index contributed by atoms with van der Waals surface area (Å²) in [6.45, 7) is 9.44. The van der Waals surface area contributed by atoms with Crippen molar-refractivity contribution in [2.24, 2.45) is 0 Å². The number of carbonyl (C=O) groups excluding carboxylic acids is 1. The predicted molar refractivity (Wildman–Crippen MR) is 123 cm³/mol. The number of ether oxygens (including phenoxy) is 1. The van der Waals surface area contributed by atoms with Gasteiger partial charge in [-0.2, -0.15) is 0 Å². The molecule has 0 amide bonds. The highest BCUT2D eigenvalue weighted by molar-refractivity contribution is 7.98. The molecule has 0 radical (unpaired) electrons. The lowest BCUT2D eigenvalue weighted by Gasteiger charge is -2.17. The Morgan fingerprint density at radius 1 is 1.30 bits per heavy atom. The van der Waals surface area contributed by atoms with Gasteiger partial charge in [0.25, 0.3) is 0 Å². The number of ketones is 1. The second-order valence-electron chi connectivity index (χ2n) is 7.86. The number of hydrogen-bond acceptors (Lipinski definition) is 6. The minimum absolute atomic E-state index is 0.123. The van der Waals surface area contributed by atoms with Gasteiger partial charge >= 0.3 is 0 Å².